The van der Waals surface area contributed by atoms with E-state index in [0.717, 1.165) is 31.4 Å². The molecule has 6 heteroatoms. The quantitative estimate of drug-likeness (QED) is 0.815. The summed E-state index contributed by atoms with van der Waals surface area (Å²) < 4.78 is 10.5. The average Bonchev–Trinajstić information content (AvgIpc) is 3.00. The van der Waals surface area contributed by atoms with Gasteiger partial charge in [-0.05, 0) is 37.8 Å². The molecule has 0 N–H and O–H groups in total. The summed E-state index contributed by atoms with van der Waals surface area (Å²) in [6.07, 6.45) is 4.08. The van der Waals surface area contributed by atoms with E-state index in [4.69, 9.17) is 9.26 Å². The number of anilines is 1. The Bertz CT molecular complexity index is 698. The minimum absolute atomic E-state index is 0.00990. The summed E-state index contributed by atoms with van der Waals surface area (Å²) >= 11 is 0. The van der Waals surface area contributed by atoms with Crippen LogP contribution in [-0.4, -0.2) is 28.7 Å². The molecule has 0 saturated heterocycles. The van der Waals surface area contributed by atoms with Crippen molar-refractivity contribution >= 4 is 11.6 Å². The Labute approximate surface area is 141 Å². The first-order chi connectivity index (χ1) is 11.7. The molecule has 1 aliphatic rings. The monoisotopic (exact) mass is 329 g/mol. The Morgan fingerprint density at radius 3 is 3.00 bits per heavy atom. The second kappa shape index (κ2) is 7.57. The number of hydrogen-bond donors (Lipinski definition) is 0. The number of hydrogen-bond acceptors (Lipinski definition) is 5. The first kappa shape index (κ1) is 16.6. The van der Waals surface area contributed by atoms with Crippen molar-refractivity contribution in [3.63, 3.8) is 0 Å². The highest BCUT2D eigenvalue weighted by molar-refractivity contribution is 5.96. The maximum atomic E-state index is 12.8. The number of ether oxygens (including phenoxy) is 1. The van der Waals surface area contributed by atoms with Crippen molar-refractivity contribution in [2.45, 2.75) is 52.2 Å². The average molecular weight is 329 g/mol. The number of carbonyl (C=O) groups excluding carboxylic acids is 1. The Kier molecular flexibility index (Phi) is 5.25. The largest absolute Gasteiger partial charge is 0.362 e. The molecular formula is C18H23N3O3. The van der Waals surface area contributed by atoms with Crippen LogP contribution in [0.2, 0.25) is 0 Å². The minimum atomic E-state index is -0.0168. The molecule has 3 rings (SSSR count). The molecule has 0 bridgehead atoms. The van der Waals surface area contributed by atoms with E-state index in [-0.39, 0.29) is 25.2 Å². The van der Waals surface area contributed by atoms with Gasteiger partial charge >= 0.3 is 0 Å². The molecule has 0 saturated carbocycles. The first-order valence-corrected chi connectivity index (χ1v) is 8.46. The molecule has 0 unspecified atom stereocenters. The van der Waals surface area contributed by atoms with Crippen molar-refractivity contribution < 1.29 is 14.1 Å². The highest BCUT2D eigenvalue weighted by atomic mass is 16.5. The van der Waals surface area contributed by atoms with Crippen molar-refractivity contribution in [1.82, 2.24) is 10.1 Å². The topological polar surface area (TPSA) is 68.5 Å². The fraction of sp³-hybridized carbons (Fsp3) is 0.500. The lowest BCUT2D eigenvalue weighted by molar-refractivity contribution is -0.124. The molecule has 24 heavy (non-hydrogen) atoms. The molecule has 2 aromatic rings. The van der Waals surface area contributed by atoms with Crippen LogP contribution >= 0.6 is 0 Å². The molecule has 1 atom stereocenters. The SMILES string of the molecule is CCC[C@H]1CCc2ccccc2N1C(=O)COCc1nc(C)no1. The number of amides is 1. The summed E-state index contributed by atoms with van der Waals surface area (Å²) in [6.45, 7) is 4.06. The van der Waals surface area contributed by atoms with E-state index < -0.39 is 0 Å². The number of para-hydroxylation sites is 1. The summed E-state index contributed by atoms with van der Waals surface area (Å²) in [4.78, 5) is 18.8. The lowest BCUT2D eigenvalue weighted by Gasteiger charge is -2.37. The van der Waals surface area contributed by atoms with Crippen molar-refractivity contribution in [3.05, 3.63) is 41.5 Å². The third kappa shape index (κ3) is 3.64. The van der Waals surface area contributed by atoms with Crippen LogP contribution in [0.4, 0.5) is 5.69 Å². The normalized spacial score (nSPS) is 16.9. The summed E-state index contributed by atoms with van der Waals surface area (Å²) in [6, 6.07) is 8.37. The predicted octanol–water partition coefficient (Wildman–Crippen LogP) is 3.04. The van der Waals surface area contributed by atoms with Gasteiger partial charge in [-0.15, -0.1) is 0 Å². The number of rotatable bonds is 6. The van der Waals surface area contributed by atoms with Gasteiger partial charge in [0.25, 0.3) is 11.8 Å². The molecule has 0 aliphatic carbocycles. The number of aromatic nitrogens is 2. The van der Waals surface area contributed by atoms with Gasteiger partial charge in [0.1, 0.15) is 13.2 Å². The number of carbonyl (C=O) groups is 1. The van der Waals surface area contributed by atoms with Gasteiger partial charge in [0.05, 0.1) is 0 Å². The molecule has 128 valence electrons. The standard InChI is InChI=1S/C18H23N3O3/c1-3-6-15-10-9-14-7-4-5-8-16(14)21(15)18(22)12-23-11-17-19-13(2)20-24-17/h4-5,7-8,15H,3,6,9-12H2,1-2H3/t15-/m0/s1. The highest BCUT2D eigenvalue weighted by Crippen LogP contribution is 2.32. The van der Waals surface area contributed by atoms with Crippen LogP contribution in [0.25, 0.3) is 0 Å². The van der Waals surface area contributed by atoms with Crippen LogP contribution in [-0.2, 0) is 22.6 Å². The van der Waals surface area contributed by atoms with Gasteiger partial charge in [0.2, 0.25) is 0 Å². The highest BCUT2D eigenvalue weighted by Gasteiger charge is 2.30. The van der Waals surface area contributed by atoms with Crippen LogP contribution in [0, 0.1) is 6.92 Å². The number of nitrogens with zero attached hydrogens (tertiary/aromatic N) is 3. The molecule has 1 amide bonds. The molecule has 6 nitrogen and oxygen atoms in total. The smallest absolute Gasteiger partial charge is 0.253 e. The van der Waals surface area contributed by atoms with Crippen LogP contribution < -0.4 is 4.90 Å². The lowest BCUT2D eigenvalue weighted by Crippen LogP contribution is -2.45. The van der Waals surface area contributed by atoms with Gasteiger partial charge < -0.3 is 14.2 Å². The third-order valence-corrected chi connectivity index (χ3v) is 4.27. The number of fused-ring (bicyclic) bond motifs is 1. The molecule has 2 heterocycles. The van der Waals surface area contributed by atoms with E-state index in [1.807, 2.05) is 23.1 Å². The minimum Gasteiger partial charge on any atom is -0.362 e. The molecule has 0 radical (unpaired) electrons. The Balaban J connectivity index is 1.68. The summed E-state index contributed by atoms with van der Waals surface area (Å²) in [5, 5.41) is 3.71. The van der Waals surface area contributed by atoms with Gasteiger partial charge in [-0.1, -0.05) is 36.7 Å². The maximum Gasteiger partial charge on any atom is 0.253 e. The van der Waals surface area contributed by atoms with Crippen LogP contribution in [0.15, 0.2) is 28.8 Å². The summed E-state index contributed by atoms with van der Waals surface area (Å²) in [5.41, 5.74) is 2.25. The maximum absolute atomic E-state index is 12.8. The third-order valence-electron chi connectivity index (χ3n) is 4.27. The molecule has 0 spiro atoms. The van der Waals surface area contributed by atoms with Crippen molar-refractivity contribution in [2.75, 3.05) is 11.5 Å². The summed E-state index contributed by atoms with van der Waals surface area (Å²) in [5.74, 6) is 0.939. The molecule has 1 aromatic heterocycles. The van der Waals surface area contributed by atoms with Crippen LogP contribution in [0.3, 0.4) is 0 Å². The molecule has 1 aromatic carbocycles. The predicted molar refractivity (Wildman–Crippen MR) is 89.6 cm³/mol. The van der Waals surface area contributed by atoms with Gasteiger partial charge in [0, 0.05) is 11.7 Å². The second-order valence-corrected chi connectivity index (χ2v) is 6.10. The van der Waals surface area contributed by atoms with E-state index in [9.17, 15) is 4.79 Å². The van der Waals surface area contributed by atoms with Crippen molar-refractivity contribution in [1.29, 1.82) is 0 Å². The molecule has 1 aliphatic heterocycles. The van der Waals surface area contributed by atoms with Crippen LogP contribution in [0.5, 0.6) is 0 Å². The van der Waals surface area contributed by atoms with E-state index >= 15 is 0 Å². The van der Waals surface area contributed by atoms with Gasteiger partial charge in [0.15, 0.2) is 5.82 Å². The van der Waals surface area contributed by atoms with E-state index in [1.165, 1.54) is 5.56 Å². The zero-order valence-electron chi connectivity index (χ0n) is 14.2. The fourth-order valence-electron chi connectivity index (χ4n) is 3.24. The zero-order chi connectivity index (χ0) is 16.9. The lowest BCUT2D eigenvalue weighted by atomic mass is 9.93. The Hall–Kier alpha value is -2.21. The van der Waals surface area contributed by atoms with E-state index in [1.54, 1.807) is 6.92 Å². The molecule has 0 fully saturated rings. The van der Waals surface area contributed by atoms with Gasteiger partial charge in [-0.25, -0.2) is 0 Å². The number of aryl methyl sites for hydroxylation is 2. The Morgan fingerprint density at radius 2 is 2.25 bits per heavy atom. The second-order valence-electron chi connectivity index (χ2n) is 6.10. The molecular weight excluding hydrogens is 306 g/mol. The van der Waals surface area contributed by atoms with E-state index in [2.05, 4.69) is 23.1 Å². The summed E-state index contributed by atoms with van der Waals surface area (Å²) in [7, 11) is 0. The zero-order valence-corrected chi connectivity index (χ0v) is 14.2. The van der Waals surface area contributed by atoms with Gasteiger partial charge in [-0.3, -0.25) is 4.79 Å². The fourth-order valence-corrected chi connectivity index (χ4v) is 3.24. The van der Waals surface area contributed by atoms with Crippen molar-refractivity contribution in [2.24, 2.45) is 0 Å². The van der Waals surface area contributed by atoms with E-state index in [0.29, 0.717) is 11.7 Å². The van der Waals surface area contributed by atoms with Crippen LogP contribution in [0.1, 0.15) is 43.5 Å². The van der Waals surface area contributed by atoms with Crippen molar-refractivity contribution in [3.8, 4) is 0 Å². The van der Waals surface area contributed by atoms with Gasteiger partial charge in [-0.2, -0.15) is 4.98 Å². The number of benzene rings is 1. The first-order valence-electron chi connectivity index (χ1n) is 8.46. The Morgan fingerprint density at radius 1 is 1.42 bits per heavy atom.